The predicted molar refractivity (Wildman–Crippen MR) is 97.1 cm³/mol. The molecule has 1 aliphatic heterocycles. The maximum atomic E-state index is 12.0. The quantitative estimate of drug-likeness (QED) is 0.615. The number of esters is 1. The van der Waals surface area contributed by atoms with Crippen molar-refractivity contribution in [2.24, 2.45) is 0 Å². The van der Waals surface area contributed by atoms with Crippen LogP contribution < -0.4 is 0 Å². The summed E-state index contributed by atoms with van der Waals surface area (Å²) in [6.45, 7) is 8.63. The standard InChI is InChI=1S/C20H27NO4/c1-15-5-7-16(8-6-15)9-10-18(22)24-17-11-13-21(14-12-17)19(23)25-20(2,3)4/h5-10,17H,11-14H2,1-4H3/b10-9+. The molecular weight excluding hydrogens is 318 g/mol. The molecule has 0 unspecified atom stereocenters. The van der Waals surface area contributed by atoms with Crippen molar-refractivity contribution in [1.29, 1.82) is 0 Å². The summed E-state index contributed by atoms with van der Waals surface area (Å²) in [7, 11) is 0. The summed E-state index contributed by atoms with van der Waals surface area (Å²) in [5.74, 6) is -0.351. The van der Waals surface area contributed by atoms with Gasteiger partial charge < -0.3 is 14.4 Å². The van der Waals surface area contributed by atoms with Gasteiger partial charge in [0, 0.05) is 32.0 Å². The van der Waals surface area contributed by atoms with E-state index in [0.717, 1.165) is 5.56 Å². The topological polar surface area (TPSA) is 55.8 Å². The molecular formula is C20H27NO4. The van der Waals surface area contributed by atoms with E-state index >= 15 is 0 Å². The van der Waals surface area contributed by atoms with Crippen LogP contribution in [0.5, 0.6) is 0 Å². The van der Waals surface area contributed by atoms with E-state index in [0.29, 0.717) is 25.9 Å². The van der Waals surface area contributed by atoms with Gasteiger partial charge in [-0.15, -0.1) is 0 Å². The van der Waals surface area contributed by atoms with E-state index in [2.05, 4.69) is 0 Å². The fourth-order valence-corrected chi connectivity index (χ4v) is 2.53. The Morgan fingerprint density at radius 3 is 2.28 bits per heavy atom. The van der Waals surface area contributed by atoms with Gasteiger partial charge >= 0.3 is 12.1 Å². The molecule has 0 aliphatic carbocycles. The summed E-state index contributed by atoms with van der Waals surface area (Å²) in [5, 5.41) is 0. The van der Waals surface area contributed by atoms with Crippen molar-refractivity contribution in [2.75, 3.05) is 13.1 Å². The molecule has 1 amide bonds. The number of carbonyl (C=O) groups excluding carboxylic acids is 2. The van der Waals surface area contributed by atoms with Gasteiger partial charge in [0.1, 0.15) is 11.7 Å². The predicted octanol–water partition coefficient (Wildman–Crippen LogP) is 3.95. The molecule has 5 heteroatoms. The normalized spacial score (nSPS) is 16.1. The van der Waals surface area contributed by atoms with Gasteiger partial charge in [0.2, 0.25) is 0 Å². The first-order valence-corrected chi connectivity index (χ1v) is 8.66. The van der Waals surface area contributed by atoms with E-state index < -0.39 is 5.60 Å². The fourth-order valence-electron chi connectivity index (χ4n) is 2.53. The molecule has 1 heterocycles. The first-order chi connectivity index (χ1) is 11.7. The molecule has 0 bridgehead atoms. The smallest absolute Gasteiger partial charge is 0.410 e. The Bertz CT molecular complexity index is 620. The van der Waals surface area contributed by atoms with Gasteiger partial charge in [0.05, 0.1) is 0 Å². The Hall–Kier alpha value is -2.30. The number of ether oxygens (including phenoxy) is 2. The monoisotopic (exact) mass is 345 g/mol. The van der Waals surface area contributed by atoms with Crippen molar-refractivity contribution in [3.63, 3.8) is 0 Å². The first-order valence-electron chi connectivity index (χ1n) is 8.66. The molecule has 0 radical (unpaired) electrons. The van der Waals surface area contributed by atoms with Crippen molar-refractivity contribution < 1.29 is 19.1 Å². The molecule has 136 valence electrons. The van der Waals surface area contributed by atoms with Gasteiger partial charge in [0.15, 0.2) is 0 Å². The Balaban J connectivity index is 1.76. The Kier molecular flexibility index (Phi) is 6.23. The van der Waals surface area contributed by atoms with Crippen LogP contribution in [0.3, 0.4) is 0 Å². The molecule has 1 aliphatic rings. The minimum atomic E-state index is -0.499. The molecule has 1 aromatic rings. The van der Waals surface area contributed by atoms with Crippen molar-refractivity contribution in [1.82, 2.24) is 4.90 Å². The molecule has 2 rings (SSSR count). The van der Waals surface area contributed by atoms with Crippen LogP contribution in [0.15, 0.2) is 30.3 Å². The Labute approximate surface area is 149 Å². The summed E-state index contributed by atoms with van der Waals surface area (Å²) in [5.41, 5.74) is 1.64. The molecule has 1 saturated heterocycles. The number of rotatable bonds is 3. The molecule has 25 heavy (non-hydrogen) atoms. The van der Waals surface area contributed by atoms with Crippen LogP contribution in [0, 0.1) is 6.92 Å². The van der Waals surface area contributed by atoms with E-state index in [-0.39, 0.29) is 18.2 Å². The molecule has 5 nitrogen and oxygen atoms in total. The molecule has 0 saturated carbocycles. The number of benzene rings is 1. The highest BCUT2D eigenvalue weighted by Crippen LogP contribution is 2.17. The summed E-state index contributed by atoms with van der Waals surface area (Å²) < 4.78 is 10.8. The lowest BCUT2D eigenvalue weighted by atomic mass is 10.1. The van der Waals surface area contributed by atoms with Crippen molar-refractivity contribution in [2.45, 2.75) is 52.2 Å². The van der Waals surface area contributed by atoms with Crippen LogP contribution in [0.25, 0.3) is 6.08 Å². The van der Waals surface area contributed by atoms with Crippen LogP contribution in [0.2, 0.25) is 0 Å². The van der Waals surface area contributed by atoms with Crippen LogP contribution in [0.4, 0.5) is 4.79 Å². The number of hydrogen-bond acceptors (Lipinski definition) is 4. The number of amides is 1. The zero-order chi connectivity index (χ0) is 18.4. The van der Waals surface area contributed by atoms with Crippen molar-refractivity contribution in [3.05, 3.63) is 41.5 Å². The van der Waals surface area contributed by atoms with Gasteiger partial charge in [-0.2, -0.15) is 0 Å². The Morgan fingerprint density at radius 2 is 1.72 bits per heavy atom. The molecule has 1 fully saturated rings. The SMILES string of the molecule is Cc1ccc(/C=C/C(=O)OC2CCN(C(=O)OC(C)(C)C)CC2)cc1. The van der Waals surface area contributed by atoms with Crippen LogP contribution in [0.1, 0.15) is 44.7 Å². The highest BCUT2D eigenvalue weighted by Gasteiger charge is 2.28. The van der Waals surface area contributed by atoms with Gasteiger partial charge in [-0.25, -0.2) is 9.59 Å². The number of hydrogen-bond donors (Lipinski definition) is 0. The van der Waals surface area contributed by atoms with Crippen LogP contribution in [-0.2, 0) is 14.3 Å². The number of piperidine rings is 1. The highest BCUT2D eigenvalue weighted by atomic mass is 16.6. The van der Waals surface area contributed by atoms with E-state index in [9.17, 15) is 9.59 Å². The molecule has 0 atom stereocenters. The van der Waals surface area contributed by atoms with E-state index in [1.165, 1.54) is 11.6 Å². The summed E-state index contributed by atoms with van der Waals surface area (Å²) in [6.07, 6.45) is 3.99. The Morgan fingerprint density at radius 1 is 1.12 bits per heavy atom. The van der Waals surface area contributed by atoms with Crippen molar-refractivity contribution in [3.8, 4) is 0 Å². The van der Waals surface area contributed by atoms with Gasteiger partial charge in [-0.3, -0.25) is 0 Å². The fraction of sp³-hybridized carbons (Fsp3) is 0.500. The zero-order valence-corrected chi connectivity index (χ0v) is 15.5. The second-order valence-electron chi connectivity index (χ2n) is 7.35. The molecule has 0 aromatic heterocycles. The van der Waals surface area contributed by atoms with E-state index in [4.69, 9.17) is 9.47 Å². The minimum Gasteiger partial charge on any atom is -0.459 e. The number of likely N-dealkylation sites (tertiary alicyclic amines) is 1. The van der Waals surface area contributed by atoms with E-state index in [1.807, 2.05) is 52.0 Å². The second kappa shape index (κ2) is 8.19. The third kappa shape index (κ3) is 6.61. The first kappa shape index (κ1) is 19.0. The molecule has 1 aromatic carbocycles. The largest absolute Gasteiger partial charge is 0.459 e. The third-order valence-corrected chi connectivity index (χ3v) is 3.87. The average molecular weight is 345 g/mol. The third-order valence-electron chi connectivity index (χ3n) is 3.87. The molecule has 0 spiro atoms. The van der Waals surface area contributed by atoms with Crippen LogP contribution >= 0.6 is 0 Å². The lowest BCUT2D eigenvalue weighted by Crippen LogP contribution is -2.43. The van der Waals surface area contributed by atoms with Gasteiger partial charge in [-0.1, -0.05) is 29.8 Å². The lowest BCUT2D eigenvalue weighted by Gasteiger charge is -2.33. The van der Waals surface area contributed by atoms with Gasteiger partial charge in [0.25, 0.3) is 0 Å². The highest BCUT2D eigenvalue weighted by molar-refractivity contribution is 5.87. The minimum absolute atomic E-state index is 0.158. The molecule has 0 N–H and O–H groups in total. The maximum absolute atomic E-state index is 12.0. The summed E-state index contributed by atoms with van der Waals surface area (Å²) in [6, 6.07) is 7.91. The number of aryl methyl sites for hydroxylation is 1. The number of nitrogens with zero attached hydrogens (tertiary/aromatic N) is 1. The second-order valence-corrected chi connectivity index (χ2v) is 7.35. The van der Waals surface area contributed by atoms with Crippen LogP contribution in [-0.4, -0.2) is 41.8 Å². The summed E-state index contributed by atoms with van der Waals surface area (Å²) in [4.78, 5) is 25.6. The number of carbonyl (C=O) groups is 2. The average Bonchev–Trinajstić information content (AvgIpc) is 2.53. The van der Waals surface area contributed by atoms with Gasteiger partial charge in [-0.05, 0) is 39.3 Å². The summed E-state index contributed by atoms with van der Waals surface area (Å²) >= 11 is 0. The zero-order valence-electron chi connectivity index (χ0n) is 15.5. The maximum Gasteiger partial charge on any atom is 0.410 e. The van der Waals surface area contributed by atoms with Crippen molar-refractivity contribution >= 4 is 18.1 Å². The lowest BCUT2D eigenvalue weighted by molar-refractivity contribution is -0.144. The van der Waals surface area contributed by atoms with E-state index in [1.54, 1.807) is 11.0 Å².